The zero-order chi connectivity index (χ0) is 21.7. The summed E-state index contributed by atoms with van der Waals surface area (Å²) < 4.78 is 0. The molecule has 3 saturated carbocycles. The van der Waals surface area contributed by atoms with Gasteiger partial charge < -0.3 is 5.11 Å². The fourth-order valence-electron chi connectivity index (χ4n) is 8.91. The van der Waals surface area contributed by atoms with Crippen LogP contribution >= 0.6 is 0 Å². The van der Waals surface area contributed by atoms with Crippen molar-refractivity contribution in [1.82, 2.24) is 0 Å². The number of fused-ring (bicyclic) bond motifs is 5. The fraction of sp³-hybridized carbons (Fsp3) is 0.931. The summed E-state index contributed by atoms with van der Waals surface area (Å²) in [6, 6.07) is 0. The van der Waals surface area contributed by atoms with Gasteiger partial charge in [-0.15, -0.1) is 0 Å². The summed E-state index contributed by atoms with van der Waals surface area (Å²) in [6.45, 7) is 15.0. The molecule has 9 atom stereocenters. The van der Waals surface area contributed by atoms with Gasteiger partial charge in [-0.3, -0.25) is 0 Å². The highest BCUT2D eigenvalue weighted by molar-refractivity contribution is 5.25. The van der Waals surface area contributed by atoms with Crippen molar-refractivity contribution in [3.05, 3.63) is 11.6 Å². The third-order valence-electron chi connectivity index (χ3n) is 11.1. The zero-order valence-corrected chi connectivity index (χ0v) is 20.9. The Bertz CT molecular complexity index is 634. The lowest BCUT2D eigenvalue weighted by molar-refractivity contribution is -0.0360. The first kappa shape index (κ1) is 22.9. The van der Waals surface area contributed by atoms with Crippen LogP contribution in [0.3, 0.4) is 0 Å². The van der Waals surface area contributed by atoms with E-state index < -0.39 is 0 Å². The van der Waals surface area contributed by atoms with Gasteiger partial charge in [0.05, 0.1) is 6.10 Å². The molecular weight excluding hydrogens is 364 g/mol. The Balaban J connectivity index is 1.45. The average Bonchev–Trinajstić information content (AvgIpc) is 3.06. The topological polar surface area (TPSA) is 20.2 Å². The quantitative estimate of drug-likeness (QED) is 0.436. The van der Waals surface area contributed by atoms with Crippen molar-refractivity contribution in [1.29, 1.82) is 0 Å². The molecular formula is C29H50O. The van der Waals surface area contributed by atoms with Crippen molar-refractivity contribution in [2.75, 3.05) is 0 Å². The minimum absolute atomic E-state index is 0.0794. The van der Waals surface area contributed by atoms with Gasteiger partial charge in [-0.25, -0.2) is 0 Å². The second-order valence-corrected chi connectivity index (χ2v) is 13.0. The van der Waals surface area contributed by atoms with E-state index in [9.17, 15) is 5.11 Å². The Morgan fingerprint density at radius 3 is 2.53 bits per heavy atom. The third kappa shape index (κ3) is 3.95. The number of hydrogen-bond donors (Lipinski definition) is 1. The number of aliphatic hydroxyl groups excluding tert-OH is 1. The van der Waals surface area contributed by atoms with Crippen molar-refractivity contribution >= 4 is 0 Å². The van der Waals surface area contributed by atoms with E-state index in [-0.39, 0.29) is 6.10 Å². The highest BCUT2D eigenvalue weighted by atomic mass is 16.3. The summed E-state index contributed by atoms with van der Waals surface area (Å²) in [5.74, 6) is 6.33. The molecule has 0 aliphatic heterocycles. The molecule has 30 heavy (non-hydrogen) atoms. The predicted molar refractivity (Wildman–Crippen MR) is 128 cm³/mol. The molecule has 3 fully saturated rings. The summed E-state index contributed by atoms with van der Waals surface area (Å²) in [5, 5.41) is 10.2. The SMILES string of the molecule is CC[C@H](CC[C@@H](C)[C@H]1C[C@@H]2[C@H]3CC=C4C[C@@H](O)CC[C@]4(C)[C@H]3CC[C@]2(C)C1)C(C)C. The van der Waals surface area contributed by atoms with Gasteiger partial charge >= 0.3 is 0 Å². The van der Waals surface area contributed by atoms with Crippen molar-refractivity contribution in [2.24, 2.45) is 52.3 Å². The van der Waals surface area contributed by atoms with Gasteiger partial charge in [0.15, 0.2) is 0 Å². The van der Waals surface area contributed by atoms with Crippen LogP contribution < -0.4 is 0 Å². The molecule has 4 rings (SSSR count). The van der Waals surface area contributed by atoms with E-state index in [2.05, 4.69) is 47.6 Å². The van der Waals surface area contributed by atoms with Gasteiger partial charge in [0.2, 0.25) is 0 Å². The van der Waals surface area contributed by atoms with Gasteiger partial charge in [-0.1, -0.05) is 66.0 Å². The second kappa shape index (κ2) is 8.57. The number of allylic oxidation sites excluding steroid dienone is 1. The van der Waals surface area contributed by atoms with Crippen LogP contribution in [0.4, 0.5) is 0 Å². The molecule has 4 aliphatic carbocycles. The molecule has 0 aromatic heterocycles. The van der Waals surface area contributed by atoms with E-state index in [0.717, 1.165) is 54.3 Å². The Kier molecular flexibility index (Phi) is 6.53. The number of rotatable bonds is 6. The summed E-state index contributed by atoms with van der Waals surface area (Å²) in [6.07, 6.45) is 17.1. The lowest BCUT2D eigenvalue weighted by Gasteiger charge is -2.57. The van der Waals surface area contributed by atoms with Crippen molar-refractivity contribution in [2.45, 2.75) is 118 Å². The maximum absolute atomic E-state index is 10.2. The molecule has 0 aromatic rings. The Hall–Kier alpha value is -0.300. The van der Waals surface area contributed by atoms with E-state index in [0.29, 0.717) is 10.8 Å². The number of hydrogen-bond acceptors (Lipinski definition) is 1. The maximum atomic E-state index is 10.2. The lowest BCUT2D eigenvalue weighted by Crippen LogP contribution is -2.49. The van der Waals surface area contributed by atoms with Crippen LogP contribution in [0, 0.1) is 52.3 Å². The monoisotopic (exact) mass is 414 g/mol. The normalized spacial score (nSPS) is 45.3. The van der Waals surface area contributed by atoms with E-state index in [1.807, 2.05) is 0 Å². The molecule has 1 heteroatoms. The lowest BCUT2D eigenvalue weighted by atomic mass is 9.48. The highest BCUT2D eigenvalue weighted by Gasteiger charge is 2.57. The largest absolute Gasteiger partial charge is 0.393 e. The minimum Gasteiger partial charge on any atom is -0.393 e. The molecule has 0 unspecified atom stereocenters. The minimum atomic E-state index is -0.0794. The van der Waals surface area contributed by atoms with E-state index in [4.69, 9.17) is 0 Å². The van der Waals surface area contributed by atoms with Gasteiger partial charge in [-0.2, -0.15) is 0 Å². The summed E-state index contributed by atoms with van der Waals surface area (Å²) in [4.78, 5) is 0. The van der Waals surface area contributed by atoms with Gasteiger partial charge in [0.25, 0.3) is 0 Å². The van der Waals surface area contributed by atoms with E-state index >= 15 is 0 Å². The van der Waals surface area contributed by atoms with Gasteiger partial charge in [0.1, 0.15) is 0 Å². The Morgan fingerprint density at radius 1 is 1.07 bits per heavy atom. The van der Waals surface area contributed by atoms with Crippen molar-refractivity contribution in [3.8, 4) is 0 Å². The smallest absolute Gasteiger partial charge is 0.0577 e. The van der Waals surface area contributed by atoms with Crippen molar-refractivity contribution in [3.63, 3.8) is 0 Å². The third-order valence-corrected chi connectivity index (χ3v) is 11.1. The predicted octanol–water partition coefficient (Wildman–Crippen LogP) is 8.02. The van der Waals surface area contributed by atoms with Crippen molar-refractivity contribution < 1.29 is 5.11 Å². The van der Waals surface area contributed by atoms with Crippen LogP contribution in [0.1, 0.15) is 112 Å². The molecule has 0 bridgehead atoms. The second-order valence-electron chi connectivity index (χ2n) is 13.0. The first-order chi connectivity index (χ1) is 14.2. The van der Waals surface area contributed by atoms with Crippen LogP contribution in [0.15, 0.2) is 11.6 Å². The molecule has 0 radical (unpaired) electrons. The standard InChI is InChI=1S/C29H50O/c1-7-21(19(2)3)9-8-20(4)22-16-27-25-11-10-23-17-24(30)12-15-29(23,6)26(25)13-14-28(27,5)18-22/h10,19-22,24-27,30H,7-9,11-18H2,1-6H3/t20-,21-,22+,24+,25+,26+,27-,28-,29+/m1/s1. The Morgan fingerprint density at radius 2 is 1.83 bits per heavy atom. The molecule has 1 N–H and O–H groups in total. The molecule has 0 amide bonds. The highest BCUT2D eigenvalue weighted by Crippen LogP contribution is 2.66. The van der Waals surface area contributed by atoms with Crippen LogP contribution in [0.25, 0.3) is 0 Å². The number of aliphatic hydroxyl groups is 1. The van der Waals surface area contributed by atoms with Crippen LogP contribution in [-0.4, -0.2) is 11.2 Å². The molecule has 0 spiro atoms. The first-order valence-corrected chi connectivity index (χ1v) is 13.6. The Labute approximate surface area is 187 Å². The molecule has 4 aliphatic rings. The molecule has 0 saturated heterocycles. The molecule has 0 aromatic carbocycles. The molecule has 1 nitrogen and oxygen atoms in total. The molecule has 172 valence electrons. The zero-order valence-electron chi connectivity index (χ0n) is 20.9. The van der Waals surface area contributed by atoms with Crippen LogP contribution in [0.2, 0.25) is 0 Å². The van der Waals surface area contributed by atoms with E-state index in [1.165, 1.54) is 57.8 Å². The maximum Gasteiger partial charge on any atom is 0.0577 e. The van der Waals surface area contributed by atoms with E-state index in [1.54, 1.807) is 5.57 Å². The summed E-state index contributed by atoms with van der Waals surface area (Å²) in [7, 11) is 0. The summed E-state index contributed by atoms with van der Waals surface area (Å²) >= 11 is 0. The first-order valence-electron chi connectivity index (χ1n) is 13.6. The average molecular weight is 415 g/mol. The van der Waals surface area contributed by atoms with Crippen LogP contribution in [0.5, 0.6) is 0 Å². The van der Waals surface area contributed by atoms with Crippen LogP contribution in [-0.2, 0) is 0 Å². The molecule has 0 heterocycles. The summed E-state index contributed by atoms with van der Waals surface area (Å²) in [5.41, 5.74) is 2.60. The van der Waals surface area contributed by atoms with Gasteiger partial charge in [-0.05, 0) is 110 Å². The van der Waals surface area contributed by atoms with Gasteiger partial charge in [0, 0.05) is 0 Å². The fourth-order valence-corrected chi connectivity index (χ4v) is 8.91.